The van der Waals surface area contributed by atoms with Gasteiger partial charge in [0.1, 0.15) is 0 Å². The second-order valence-electron chi connectivity index (χ2n) is 3.80. The molecule has 0 saturated carbocycles. The number of carbonyl (C=O) groups excluding carboxylic acids is 1. The van der Waals surface area contributed by atoms with Gasteiger partial charge in [-0.15, -0.1) is 0 Å². The average Bonchev–Trinajstić information content (AvgIpc) is 2.10. The molecule has 0 aliphatic heterocycles. The fourth-order valence-electron chi connectivity index (χ4n) is 0.884. The summed E-state index contributed by atoms with van der Waals surface area (Å²) < 4.78 is 0. The molecule has 0 aliphatic carbocycles. The molecule has 3 nitrogen and oxygen atoms in total. The van der Waals surface area contributed by atoms with Gasteiger partial charge in [0.25, 0.3) is 0 Å². The molecule has 0 aliphatic rings. The first-order chi connectivity index (χ1) is 6.06. The van der Waals surface area contributed by atoms with Gasteiger partial charge >= 0.3 is 0 Å². The monoisotopic (exact) mass is 187 g/mol. The second-order valence-corrected chi connectivity index (χ2v) is 3.80. The van der Waals surface area contributed by atoms with Crippen LogP contribution >= 0.6 is 0 Å². The van der Waals surface area contributed by atoms with Gasteiger partial charge in [0.05, 0.1) is 6.10 Å². The van der Waals surface area contributed by atoms with E-state index in [2.05, 4.69) is 19.2 Å². The molecule has 3 heteroatoms. The number of amides is 1. The number of hydrogen-bond acceptors (Lipinski definition) is 2. The van der Waals surface area contributed by atoms with Crippen LogP contribution < -0.4 is 5.32 Å². The largest absolute Gasteiger partial charge is 0.391 e. The Hall–Kier alpha value is -0.570. The molecule has 0 fully saturated rings. The topological polar surface area (TPSA) is 49.3 Å². The van der Waals surface area contributed by atoms with Crippen LogP contribution in [0.3, 0.4) is 0 Å². The second kappa shape index (κ2) is 6.89. The maximum absolute atomic E-state index is 11.1. The maximum atomic E-state index is 11.1. The van der Waals surface area contributed by atoms with E-state index in [1.807, 2.05) is 6.92 Å². The standard InChI is InChI=1S/C10H21NO2/c1-4-9(12)7-11-10(13)6-5-8(2)3/h8-9,12H,4-7H2,1-3H3,(H,11,13). The van der Waals surface area contributed by atoms with Crippen LogP contribution in [0.1, 0.15) is 40.0 Å². The van der Waals surface area contributed by atoms with Gasteiger partial charge in [0.2, 0.25) is 5.91 Å². The molecule has 0 aromatic carbocycles. The van der Waals surface area contributed by atoms with E-state index >= 15 is 0 Å². The van der Waals surface area contributed by atoms with Crippen molar-refractivity contribution < 1.29 is 9.90 Å². The zero-order valence-corrected chi connectivity index (χ0v) is 8.84. The number of nitrogens with one attached hydrogen (secondary N) is 1. The summed E-state index contributed by atoms with van der Waals surface area (Å²) in [6.07, 6.45) is 1.76. The molecule has 0 spiro atoms. The third-order valence-corrected chi connectivity index (χ3v) is 1.95. The molecule has 0 bridgehead atoms. The van der Waals surface area contributed by atoms with Crippen LogP contribution in [0.25, 0.3) is 0 Å². The van der Waals surface area contributed by atoms with Gasteiger partial charge in [-0.3, -0.25) is 4.79 Å². The summed E-state index contributed by atoms with van der Waals surface area (Å²) in [5.41, 5.74) is 0. The van der Waals surface area contributed by atoms with E-state index in [1.54, 1.807) is 0 Å². The molecule has 0 radical (unpaired) electrons. The lowest BCUT2D eigenvalue weighted by atomic mass is 10.1. The molecule has 78 valence electrons. The van der Waals surface area contributed by atoms with E-state index in [0.29, 0.717) is 25.3 Å². The van der Waals surface area contributed by atoms with Crippen molar-refractivity contribution in [3.8, 4) is 0 Å². The van der Waals surface area contributed by atoms with Gasteiger partial charge in [-0.05, 0) is 18.8 Å². The minimum absolute atomic E-state index is 0.0428. The van der Waals surface area contributed by atoms with Crippen molar-refractivity contribution in [1.82, 2.24) is 5.32 Å². The van der Waals surface area contributed by atoms with Gasteiger partial charge in [0.15, 0.2) is 0 Å². The normalized spacial score (nSPS) is 13.0. The van der Waals surface area contributed by atoms with E-state index in [-0.39, 0.29) is 5.91 Å². The molecular weight excluding hydrogens is 166 g/mol. The molecule has 1 amide bonds. The van der Waals surface area contributed by atoms with Crippen molar-refractivity contribution >= 4 is 5.91 Å². The predicted molar refractivity (Wildman–Crippen MR) is 53.4 cm³/mol. The summed E-state index contributed by atoms with van der Waals surface area (Å²) in [5, 5.41) is 11.9. The summed E-state index contributed by atoms with van der Waals surface area (Å²) >= 11 is 0. The highest BCUT2D eigenvalue weighted by molar-refractivity contribution is 5.75. The highest BCUT2D eigenvalue weighted by Crippen LogP contribution is 2.02. The van der Waals surface area contributed by atoms with Crippen molar-refractivity contribution in [3.05, 3.63) is 0 Å². The Bertz CT molecular complexity index is 146. The van der Waals surface area contributed by atoms with E-state index in [0.717, 1.165) is 6.42 Å². The Morgan fingerprint density at radius 2 is 2.08 bits per heavy atom. The van der Waals surface area contributed by atoms with Crippen molar-refractivity contribution in [3.63, 3.8) is 0 Å². The van der Waals surface area contributed by atoms with Crippen molar-refractivity contribution in [1.29, 1.82) is 0 Å². The van der Waals surface area contributed by atoms with Crippen LogP contribution in [-0.4, -0.2) is 23.7 Å². The molecule has 0 saturated heterocycles. The SMILES string of the molecule is CCC(O)CNC(=O)CCC(C)C. The van der Waals surface area contributed by atoms with Crippen LogP contribution in [-0.2, 0) is 4.79 Å². The zero-order chi connectivity index (χ0) is 10.3. The number of hydrogen-bond donors (Lipinski definition) is 2. The first-order valence-electron chi connectivity index (χ1n) is 5.01. The first kappa shape index (κ1) is 12.4. The summed E-state index contributed by atoms with van der Waals surface area (Å²) in [4.78, 5) is 11.1. The molecule has 1 atom stereocenters. The number of aliphatic hydroxyl groups is 1. The Morgan fingerprint density at radius 1 is 1.46 bits per heavy atom. The van der Waals surface area contributed by atoms with Crippen LogP contribution in [0.4, 0.5) is 0 Å². The van der Waals surface area contributed by atoms with Crippen molar-refractivity contribution in [2.45, 2.75) is 46.1 Å². The lowest BCUT2D eigenvalue weighted by Crippen LogP contribution is -2.31. The first-order valence-corrected chi connectivity index (χ1v) is 5.01. The van der Waals surface area contributed by atoms with Gasteiger partial charge in [-0.25, -0.2) is 0 Å². The fourth-order valence-corrected chi connectivity index (χ4v) is 0.884. The average molecular weight is 187 g/mol. The third-order valence-electron chi connectivity index (χ3n) is 1.95. The minimum atomic E-state index is -0.400. The van der Waals surface area contributed by atoms with Crippen LogP contribution in [0, 0.1) is 5.92 Å². The minimum Gasteiger partial charge on any atom is -0.391 e. The van der Waals surface area contributed by atoms with Crippen LogP contribution in [0.15, 0.2) is 0 Å². The van der Waals surface area contributed by atoms with Crippen LogP contribution in [0.2, 0.25) is 0 Å². The molecule has 0 rings (SSSR count). The molecule has 2 N–H and O–H groups in total. The molecule has 0 aromatic rings. The zero-order valence-electron chi connectivity index (χ0n) is 8.84. The molecule has 13 heavy (non-hydrogen) atoms. The van der Waals surface area contributed by atoms with Crippen molar-refractivity contribution in [2.24, 2.45) is 5.92 Å². The quantitative estimate of drug-likeness (QED) is 0.658. The Balaban J connectivity index is 3.40. The lowest BCUT2D eigenvalue weighted by Gasteiger charge is -2.09. The van der Waals surface area contributed by atoms with E-state index in [4.69, 9.17) is 5.11 Å². The summed E-state index contributed by atoms with van der Waals surface area (Å²) in [6, 6.07) is 0. The lowest BCUT2D eigenvalue weighted by molar-refractivity contribution is -0.121. The summed E-state index contributed by atoms with van der Waals surface area (Å²) in [5.74, 6) is 0.600. The Labute approximate surface area is 80.5 Å². The number of carbonyl (C=O) groups is 1. The van der Waals surface area contributed by atoms with E-state index < -0.39 is 6.10 Å². The summed E-state index contributed by atoms with van der Waals surface area (Å²) in [6.45, 7) is 6.46. The van der Waals surface area contributed by atoms with Gasteiger partial charge in [-0.2, -0.15) is 0 Å². The number of aliphatic hydroxyl groups excluding tert-OH is 1. The van der Waals surface area contributed by atoms with Gasteiger partial charge < -0.3 is 10.4 Å². The predicted octanol–water partition coefficient (Wildman–Crippen LogP) is 1.31. The highest BCUT2D eigenvalue weighted by Gasteiger charge is 2.05. The molecule has 1 unspecified atom stereocenters. The molecule has 0 heterocycles. The molecule has 0 aromatic heterocycles. The van der Waals surface area contributed by atoms with Crippen LogP contribution in [0.5, 0.6) is 0 Å². The third kappa shape index (κ3) is 7.78. The highest BCUT2D eigenvalue weighted by atomic mass is 16.3. The number of rotatable bonds is 6. The van der Waals surface area contributed by atoms with E-state index in [9.17, 15) is 4.79 Å². The van der Waals surface area contributed by atoms with E-state index in [1.165, 1.54) is 0 Å². The van der Waals surface area contributed by atoms with Crippen molar-refractivity contribution in [2.75, 3.05) is 6.54 Å². The maximum Gasteiger partial charge on any atom is 0.220 e. The summed E-state index contributed by atoms with van der Waals surface area (Å²) in [7, 11) is 0. The smallest absolute Gasteiger partial charge is 0.220 e. The van der Waals surface area contributed by atoms with Gasteiger partial charge in [0, 0.05) is 13.0 Å². The molecular formula is C10H21NO2. The van der Waals surface area contributed by atoms with Gasteiger partial charge in [-0.1, -0.05) is 20.8 Å². The Kier molecular flexibility index (Phi) is 6.59. The fraction of sp³-hybridized carbons (Fsp3) is 0.900. The Morgan fingerprint density at radius 3 is 2.54 bits per heavy atom.